The number of amides is 1. The second-order valence-corrected chi connectivity index (χ2v) is 3.59. The van der Waals surface area contributed by atoms with Crippen molar-refractivity contribution in [3.05, 3.63) is 12.7 Å². The lowest BCUT2D eigenvalue weighted by Gasteiger charge is -2.37. The number of hydrogen-bond acceptors (Lipinski definition) is 2. The third kappa shape index (κ3) is 2.31. The number of carbonyl (C=O) groups excluding carboxylic acids is 1. The van der Waals surface area contributed by atoms with E-state index in [2.05, 4.69) is 18.8 Å². The Hall–Kier alpha value is -0.830. The van der Waals surface area contributed by atoms with Crippen LogP contribution in [0.2, 0.25) is 0 Å². The largest absolute Gasteiger partial charge is 0.336 e. The van der Waals surface area contributed by atoms with Gasteiger partial charge in [0, 0.05) is 18.6 Å². The van der Waals surface area contributed by atoms with Crippen molar-refractivity contribution in [2.24, 2.45) is 0 Å². The van der Waals surface area contributed by atoms with E-state index in [0.29, 0.717) is 12.1 Å². The van der Waals surface area contributed by atoms with Gasteiger partial charge in [-0.3, -0.25) is 4.79 Å². The van der Waals surface area contributed by atoms with Gasteiger partial charge in [0.25, 0.3) is 0 Å². The number of nitrogens with zero attached hydrogens (tertiary/aromatic N) is 1. The van der Waals surface area contributed by atoms with Crippen LogP contribution in [0.15, 0.2) is 12.7 Å². The Kier molecular flexibility index (Phi) is 3.48. The molecule has 2 unspecified atom stereocenters. The molecule has 1 amide bonds. The molecule has 1 N–H and O–H groups in total. The molecular formula is C10H18N2O. The first-order valence-electron chi connectivity index (χ1n) is 4.79. The van der Waals surface area contributed by atoms with Gasteiger partial charge in [-0.25, -0.2) is 0 Å². The molecule has 74 valence electrons. The van der Waals surface area contributed by atoms with E-state index in [0.717, 1.165) is 19.4 Å². The van der Waals surface area contributed by atoms with Crippen LogP contribution >= 0.6 is 0 Å². The fraction of sp³-hybridized carbons (Fsp3) is 0.700. The molecule has 1 saturated heterocycles. The van der Waals surface area contributed by atoms with E-state index in [1.54, 1.807) is 0 Å². The third-order valence-electron chi connectivity index (χ3n) is 2.74. The van der Waals surface area contributed by atoms with Crippen LogP contribution in [0, 0.1) is 0 Å². The second kappa shape index (κ2) is 4.42. The Labute approximate surface area is 79.8 Å². The van der Waals surface area contributed by atoms with E-state index in [-0.39, 0.29) is 5.91 Å². The summed E-state index contributed by atoms with van der Waals surface area (Å²) in [7, 11) is 1.97. The number of hydrogen-bond donors (Lipinski definition) is 1. The zero-order valence-electron chi connectivity index (χ0n) is 8.42. The number of nitrogens with one attached hydrogen (secondary N) is 1. The van der Waals surface area contributed by atoms with E-state index in [1.165, 1.54) is 6.08 Å². The fourth-order valence-electron chi connectivity index (χ4n) is 1.88. The van der Waals surface area contributed by atoms with Gasteiger partial charge in [-0.2, -0.15) is 0 Å². The Bertz CT molecular complexity index is 203. The minimum absolute atomic E-state index is 0.0575. The lowest BCUT2D eigenvalue weighted by atomic mass is 9.98. The smallest absolute Gasteiger partial charge is 0.246 e. The highest BCUT2D eigenvalue weighted by Gasteiger charge is 2.26. The van der Waals surface area contributed by atoms with Crippen LogP contribution in [0.5, 0.6) is 0 Å². The van der Waals surface area contributed by atoms with Crippen LogP contribution < -0.4 is 5.32 Å². The Morgan fingerprint density at radius 3 is 2.85 bits per heavy atom. The van der Waals surface area contributed by atoms with E-state index in [4.69, 9.17) is 0 Å². The SMILES string of the molecule is C=CC(=O)N1CCC(NC)CC1C. The molecule has 2 atom stereocenters. The van der Waals surface area contributed by atoms with Gasteiger partial charge in [0.1, 0.15) is 0 Å². The first-order valence-corrected chi connectivity index (χ1v) is 4.79. The van der Waals surface area contributed by atoms with Crippen molar-refractivity contribution in [3.63, 3.8) is 0 Å². The highest BCUT2D eigenvalue weighted by Crippen LogP contribution is 2.17. The second-order valence-electron chi connectivity index (χ2n) is 3.59. The highest BCUT2D eigenvalue weighted by molar-refractivity contribution is 5.87. The standard InChI is InChI=1S/C10H18N2O/c1-4-10(13)12-6-5-9(11-3)7-8(12)2/h4,8-9,11H,1,5-7H2,2-3H3. The molecule has 0 aromatic heterocycles. The first kappa shape index (κ1) is 10.3. The summed E-state index contributed by atoms with van der Waals surface area (Å²) in [4.78, 5) is 13.2. The molecule has 0 radical (unpaired) electrons. The molecule has 0 saturated carbocycles. The van der Waals surface area contributed by atoms with Crippen LogP contribution in [-0.4, -0.2) is 36.5 Å². The molecule has 1 heterocycles. The molecule has 13 heavy (non-hydrogen) atoms. The maximum absolute atomic E-state index is 11.4. The van der Waals surface area contributed by atoms with E-state index in [1.807, 2.05) is 11.9 Å². The zero-order chi connectivity index (χ0) is 9.84. The van der Waals surface area contributed by atoms with Gasteiger partial charge in [-0.1, -0.05) is 6.58 Å². The topological polar surface area (TPSA) is 32.3 Å². The summed E-state index contributed by atoms with van der Waals surface area (Å²) in [6, 6.07) is 0.889. The summed E-state index contributed by atoms with van der Waals surface area (Å²) in [6.07, 6.45) is 3.48. The van der Waals surface area contributed by atoms with Crippen molar-refractivity contribution in [1.29, 1.82) is 0 Å². The molecule has 3 heteroatoms. The Morgan fingerprint density at radius 2 is 2.38 bits per heavy atom. The number of piperidine rings is 1. The molecule has 1 fully saturated rings. The average Bonchev–Trinajstić information content (AvgIpc) is 2.16. The van der Waals surface area contributed by atoms with E-state index < -0.39 is 0 Å². The van der Waals surface area contributed by atoms with Crippen molar-refractivity contribution in [2.45, 2.75) is 31.8 Å². The van der Waals surface area contributed by atoms with Gasteiger partial charge in [0.2, 0.25) is 5.91 Å². The summed E-state index contributed by atoms with van der Waals surface area (Å²) in [5, 5.41) is 3.25. The molecule has 0 bridgehead atoms. The fourth-order valence-corrected chi connectivity index (χ4v) is 1.88. The van der Waals surface area contributed by atoms with Gasteiger partial charge >= 0.3 is 0 Å². The summed E-state index contributed by atoms with van der Waals surface area (Å²) < 4.78 is 0. The van der Waals surface area contributed by atoms with Gasteiger partial charge in [-0.05, 0) is 32.9 Å². The maximum atomic E-state index is 11.4. The lowest BCUT2D eigenvalue weighted by Crippen LogP contribution is -2.48. The first-order chi connectivity index (χ1) is 6.19. The molecule has 1 rings (SSSR count). The number of rotatable bonds is 2. The lowest BCUT2D eigenvalue weighted by molar-refractivity contribution is -0.129. The zero-order valence-corrected chi connectivity index (χ0v) is 8.42. The molecule has 0 aromatic carbocycles. The monoisotopic (exact) mass is 182 g/mol. The van der Waals surface area contributed by atoms with E-state index in [9.17, 15) is 4.79 Å². The molecule has 0 spiro atoms. The predicted octanol–water partition coefficient (Wildman–Crippen LogP) is 0.771. The van der Waals surface area contributed by atoms with Crippen LogP contribution in [0.3, 0.4) is 0 Å². The van der Waals surface area contributed by atoms with Crippen LogP contribution in [0.25, 0.3) is 0 Å². The molecule has 3 nitrogen and oxygen atoms in total. The molecule has 0 aromatic rings. The average molecular weight is 182 g/mol. The van der Waals surface area contributed by atoms with Crippen LogP contribution in [-0.2, 0) is 4.79 Å². The summed E-state index contributed by atoms with van der Waals surface area (Å²) >= 11 is 0. The minimum atomic E-state index is 0.0575. The van der Waals surface area contributed by atoms with Gasteiger partial charge in [-0.15, -0.1) is 0 Å². The predicted molar refractivity (Wildman–Crippen MR) is 53.5 cm³/mol. The summed E-state index contributed by atoms with van der Waals surface area (Å²) in [5.41, 5.74) is 0. The molecular weight excluding hydrogens is 164 g/mol. The van der Waals surface area contributed by atoms with Crippen molar-refractivity contribution in [3.8, 4) is 0 Å². The van der Waals surface area contributed by atoms with Gasteiger partial charge < -0.3 is 10.2 Å². The summed E-state index contributed by atoms with van der Waals surface area (Å²) in [6.45, 7) is 6.44. The maximum Gasteiger partial charge on any atom is 0.246 e. The van der Waals surface area contributed by atoms with Crippen molar-refractivity contribution in [1.82, 2.24) is 10.2 Å². The summed E-state index contributed by atoms with van der Waals surface area (Å²) in [5.74, 6) is 0.0575. The van der Waals surface area contributed by atoms with Crippen LogP contribution in [0.1, 0.15) is 19.8 Å². The van der Waals surface area contributed by atoms with Crippen molar-refractivity contribution >= 4 is 5.91 Å². The normalized spacial score (nSPS) is 28.6. The Morgan fingerprint density at radius 1 is 1.69 bits per heavy atom. The number of likely N-dealkylation sites (tertiary alicyclic amines) is 1. The van der Waals surface area contributed by atoms with Gasteiger partial charge in [0.15, 0.2) is 0 Å². The van der Waals surface area contributed by atoms with Crippen LogP contribution in [0.4, 0.5) is 0 Å². The van der Waals surface area contributed by atoms with Crippen molar-refractivity contribution < 1.29 is 4.79 Å². The number of carbonyl (C=O) groups is 1. The highest BCUT2D eigenvalue weighted by atomic mass is 16.2. The van der Waals surface area contributed by atoms with E-state index >= 15 is 0 Å². The van der Waals surface area contributed by atoms with Crippen molar-refractivity contribution in [2.75, 3.05) is 13.6 Å². The minimum Gasteiger partial charge on any atom is -0.336 e. The molecule has 1 aliphatic rings. The third-order valence-corrected chi connectivity index (χ3v) is 2.74. The molecule has 1 aliphatic heterocycles. The quantitative estimate of drug-likeness (QED) is 0.640. The Balaban J connectivity index is 2.52. The van der Waals surface area contributed by atoms with Gasteiger partial charge in [0.05, 0.1) is 0 Å². The molecule has 0 aliphatic carbocycles.